The molecule has 0 aliphatic carbocycles. The lowest BCUT2D eigenvalue weighted by Crippen LogP contribution is -2.45. The van der Waals surface area contributed by atoms with E-state index < -0.39 is 0 Å². The van der Waals surface area contributed by atoms with Crippen molar-refractivity contribution in [2.45, 2.75) is 39.0 Å². The van der Waals surface area contributed by atoms with Crippen LogP contribution in [0.15, 0.2) is 42.5 Å². The molecule has 3 heteroatoms. The van der Waals surface area contributed by atoms with Crippen LogP contribution in [0.4, 0.5) is 0 Å². The predicted octanol–water partition coefficient (Wildman–Crippen LogP) is 4.35. The molecular formula is C24H32N2O. The lowest BCUT2D eigenvalue weighted by atomic mass is 9.94. The van der Waals surface area contributed by atoms with E-state index in [2.05, 4.69) is 59.2 Å². The Balaban J connectivity index is 1.33. The quantitative estimate of drug-likeness (QED) is 0.805. The molecule has 2 aliphatic heterocycles. The lowest BCUT2D eigenvalue weighted by molar-refractivity contribution is -0.132. The fourth-order valence-corrected chi connectivity index (χ4v) is 4.69. The number of amides is 1. The summed E-state index contributed by atoms with van der Waals surface area (Å²) in [6.45, 7) is 7.89. The summed E-state index contributed by atoms with van der Waals surface area (Å²) in [7, 11) is 0. The van der Waals surface area contributed by atoms with Gasteiger partial charge in [-0.3, -0.25) is 4.79 Å². The minimum Gasteiger partial charge on any atom is -0.342 e. The van der Waals surface area contributed by atoms with Crippen LogP contribution in [0.25, 0.3) is 10.8 Å². The Morgan fingerprint density at radius 2 is 1.78 bits per heavy atom. The molecule has 2 aliphatic rings. The Kier molecular flexibility index (Phi) is 5.77. The summed E-state index contributed by atoms with van der Waals surface area (Å²) in [5.74, 6) is 1.82. The van der Waals surface area contributed by atoms with Crippen molar-refractivity contribution in [2.75, 3.05) is 32.7 Å². The molecular weight excluding hydrogens is 332 g/mol. The normalized spacial score (nSPS) is 22.3. The molecule has 0 aromatic heterocycles. The van der Waals surface area contributed by atoms with Gasteiger partial charge in [0.05, 0.1) is 6.42 Å². The SMILES string of the molecule is CC1CCN(C[C@H]2CCCN(C(=O)Cc3ccc4ccccc4c3)C2)CC1. The van der Waals surface area contributed by atoms with Gasteiger partial charge in [-0.15, -0.1) is 0 Å². The Morgan fingerprint density at radius 1 is 1.00 bits per heavy atom. The highest BCUT2D eigenvalue weighted by atomic mass is 16.2. The molecule has 2 saturated heterocycles. The zero-order valence-electron chi connectivity index (χ0n) is 16.6. The van der Waals surface area contributed by atoms with Crippen LogP contribution in [0, 0.1) is 11.8 Å². The van der Waals surface area contributed by atoms with E-state index in [4.69, 9.17) is 0 Å². The van der Waals surface area contributed by atoms with Crippen molar-refractivity contribution in [2.24, 2.45) is 11.8 Å². The molecule has 144 valence electrons. The van der Waals surface area contributed by atoms with Crippen LogP contribution in [0.1, 0.15) is 38.2 Å². The van der Waals surface area contributed by atoms with Gasteiger partial charge in [0, 0.05) is 19.6 Å². The smallest absolute Gasteiger partial charge is 0.226 e. The van der Waals surface area contributed by atoms with Gasteiger partial charge >= 0.3 is 0 Å². The summed E-state index contributed by atoms with van der Waals surface area (Å²) < 4.78 is 0. The molecule has 0 radical (unpaired) electrons. The summed E-state index contributed by atoms with van der Waals surface area (Å²) >= 11 is 0. The van der Waals surface area contributed by atoms with Gasteiger partial charge in [0.2, 0.25) is 5.91 Å². The molecule has 2 heterocycles. The predicted molar refractivity (Wildman–Crippen MR) is 112 cm³/mol. The second-order valence-corrected chi connectivity index (χ2v) is 8.69. The second-order valence-electron chi connectivity index (χ2n) is 8.69. The molecule has 0 unspecified atom stereocenters. The van der Waals surface area contributed by atoms with E-state index in [0.717, 1.165) is 31.0 Å². The van der Waals surface area contributed by atoms with Crippen LogP contribution in [0.5, 0.6) is 0 Å². The third-order valence-electron chi connectivity index (χ3n) is 6.43. The van der Waals surface area contributed by atoms with Gasteiger partial charge < -0.3 is 9.80 Å². The zero-order chi connectivity index (χ0) is 18.6. The summed E-state index contributed by atoms with van der Waals surface area (Å²) in [6, 6.07) is 14.8. The van der Waals surface area contributed by atoms with Crippen molar-refractivity contribution in [3.8, 4) is 0 Å². The van der Waals surface area contributed by atoms with E-state index in [9.17, 15) is 4.79 Å². The average Bonchev–Trinajstić information content (AvgIpc) is 2.70. The van der Waals surface area contributed by atoms with Gasteiger partial charge in [-0.25, -0.2) is 0 Å². The lowest BCUT2D eigenvalue weighted by Gasteiger charge is -2.38. The van der Waals surface area contributed by atoms with Gasteiger partial charge in [0.1, 0.15) is 0 Å². The number of fused-ring (bicyclic) bond motifs is 1. The van der Waals surface area contributed by atoms with Gasteiger partial charge in [0.25, 0.3) is 0 Å². The highest BCUT2D eigenvalue weighted by molar-refractivity contribution is 5.85. The highest BCUT2D eigenvalue weighted by Crippen LogP contribution is 2.23. The van der Waals surface area contributed by atoms with Crippen LogP contribution < -0.4 is 0 Å². The highest BCUT2D eigenvalue weighted by Gasteiger charge is 2.26. The number of carbonyl (C=O) groups is 1. The molecule has 1 atom stereocenters. The molecule has 27 heavy (non-hydrogen) atoms. The van der Waals surface area contributed by atoms with E-state index >= 15 is 0 Å². The Labute approximate surface area is 163 Å². The van der Waals surface area contributed by atoms with Gasteiger partial charge in [-0.2, -0.15) is 0 Å². The molecule has 1 amide bonds. The molecule has 3 nitrogen and oxygen atoms in total. The van der Waals surface area contributed by atoms with E-state index in [1.165, 1.54) is 49.7 Å². The van der Waals surface area contributed by atoms with E-state index in [0.29, 0.717) is 18.2 Å². The van der Waals surface area contributed by atoms with Gasteiger partial charge in [-0.05, 0) is 66.9 Å². The molecule has 4 rings (SSSR count). The number of benzene rings is 2. The van der Waals surface area contributed by atoms with Crippen molar-refractivity contribution in [1.82, 2.24) is 9.80 Å². The van der Waals surface area contributed by atoms with Crippen LogP contribution in [-0.2, 0) is 11.2 Å². The Hall–Kier alpha value is -1.87. The first-order valence-electron chi connectivity index (χ1n) is 10.6. The van der Waals surface area contributed by atoms with E-state index in [1.54, 1.807) is 0 Å². The third-order valence-corrected chi connectivity index (χ3v) is 6.43. The maximum absolute atomic E-state index is 12.9. The van der Waals surface area contributed by atoms with Crippen molar-refractivity contribution in [3.63, 3.8) is 0 Å². The maximum atomic E-state index is 12.9. The number of nitrogens with zero attached hydrogens (tertiary/aromatic N) is 2. The summed E-state index contributed by atoms with van der Waals surface area (Å²) in [6.07, 6.45) is 5.61. The third kappa shape index (κ3) is 4.70. The summed E-state index contributed by atoms with van der Waals surface area (Å²) in [5, 5.41) is 2.46. The molecule has 2 aromatic carbocycles. The van der Waals surface area contributed by atoms with Gasteiger partial charge in [0.15, 0.2) is 0 Å². The minimum atomic E-state index is 0.294. The first kappa shape index (κ1) is 18.5. The van der Waals surface area contributed by atoms with Crippen molar-refractivity contribution in [3.05, 3.63) is 48.0 Å². The van der Waals surface area contributed by atoms with Crippen molar-refractivity contribution in [1.29, 1.82) is 0 Å². The Morgan fingerprint density at radius 3 is 2.59 bits per heavy atom. The fraction of sp³-hybridized carbons (Fsp3) is 0.542. The number of rotatable bonds is 4. The molecule has 0 saturated carbocycles. The average molecular weight is 365 g/mol. The molecule has 0 spiro atoms. The number of hydrogen-bond donors (Lipinski definition) is 0. The largest absolute Gasteiger partial charge is 0.342 e. The number of carbonyl (C=O) groups excluding carboxylic acids is 1. The monoisotopic (exact) mass is 364 g/mol. The van der Waals surface area contributed by atoms with Crippen molar-refractivity contribution >= 4 is 16.7 Å². The molecule has 0 N–H and O–H groups in total. The topological polar surface area (TPSA) is 23.6 Å². The first-order chi connectivity index (χ1) is 13.2. The van der Waals surface area contributed by atoms with Crippen molar-refractivity contribution < 1.29 is 4.79 Å². The first-order valence-corrected chi connectivity index (χ1v) is 10.6. The summed E-state index contributed by atoms with van der Waals surface area (Å²) in [4.78, 5) is 17.6. The molecule has 2 fully saturated rings. The standard InChI is InChI=1S/C24H32N2O/c1-19-10-13-25(14-11-19)17-21-5-4-12-26(18-21)24(27)16-20-8-9-22-6-2-3-7-23(22)15-20/h2-3,6-9,15,19,21H,4-5,10-14,16-18H2,1H3/t21-/m1/s1. The molecule has 2 aromatic rings. The van der Waals surface area contributed by atoms with Crippen LogP contribution in [0.2, 0.25) is 0 Å². The number of piperidine rings is 2. The van der Waals surface area contributed by atoms with Crippen LogP contribution >= 0.6 is 0 Å². The maximum Gasteiger partial charge on any atom is 0.226 e. The summed E-state index contributed by atoms with van der Waals surface area (Å²) in [5.41, 5.74) is 1.13. The van der Waals surface area contributed by atoms with E-state index in [1.807, 2.05) is 0 Å². The fourth-order valence-electron chi connectivity index (χ4n) is 4.69. The number of hydrogen-bond acceptors (Lipinski definition) is 2. The second kappa shape index (κ2) is 8.43. The van der Waals surface area contributed by atoms with Crippen LogP contribution in [0.3, 0.4) is 0 Å². The molecule has 0 bridgehead atoms. The number of likely N-dealkylation sites (tertiary alicyclic amines) is 2. The van der Waals surface area contributed by atoms with Gasteiger partial charge in [-0.1, -0.05) is 49.4 Å². The zero-order valence-corrected chi connectivity index (χ0v) is 16.6. The minimum absolute atomic E-state index is 0.294. The Bertz CT molecular complexity index is 779. The van der Waals surface area contributed by atoms with E-state index in [-0.39, 0.29) is 0 Å². The van der Waals surface area contributed by atoms with Crippen LogP contribution in [-0.4, -0.2) is 48.4 Å².